The van der Waals surface area contributed by atoms with Gasteiger partial charge < -0.3 is 15.5 Å². The highest BCUT2D eigenvalue weighted by Gasteiger charge is 2.20. The summed E-state index contributed by atoms with van der Waals surface area (Å²) in [5.41, 5.74) is 0.103. The minimum Gasteiger partial charge on any atom is -0.356 e. The van der Waals surface area contributed by atoms with E-state index >= 15 is 0 Å². The highest BCUT2D eigenvalue weighted by Crippen LogP contribution is 2.08. The average molecular weight is 282 g/mol. The summed E-state index contributed by atoms with van der Waals surface area (Å²) in [6, 6.07) is 4.25. The Balaban J connectivity index is 2.30. The van der Waals surface area contributed by atoms with E-state index in [2.05, 4.69) is 66.0 Å². The van der Waals surface area contributed by atoms with Gasteiger partial charge >= 0.3 is 0 Å². The monoisotopic (exact) mass is 282 g/mol. The Morgan fingerprint density at radius 2 is 2.11 bits per heavy atom. The smallest absolute Gasteiger partial charge is 0.191 e. The van der Waals surface area contributed by atoms with Crippen molar-refractivity contribution in [1.82, 2.24) is 15.5 Å². The Morgan fingerprint density at radius 1 is 1.37 bits per heavy atom. The molecule has 0 atom stereocenters. The molecule has 0 aliphatic heterocycles. The summed E-state index contributed by atoms with van der Waals surface area (Å²) >= 11 is 1.80. The largest absolute Gasteiger partial charge is 0.356 e. The number of nitrogens with one attached hydrogen (secondary N) is 2. The molecule has 0 aromatic carbocycles. The maximum Gasteiger partial charge on any atom is 0.191 e. The molecule has 0 saturated heterocycles. The first-order valence-electron chi connectivity index (χ1n) is 6.60. The van der Waals surface area contributed by atoms with Gasteiger partial charge in [-0.15, -0.1) is 11.3 Å². The SMILES string of the molecule is CN=C(NCCc1cccs1)NCC(C)(C)N(C)C. The Morgan fingerprint density at radius 3 is 2.63 bits per heavy atom. The van der Waals surface area contributed by atoms with E-state index < -0.39 is 0 Å². The topological polar surface area (TPSA) is 39.7 Å². The van der Waals surface area contributed by atoms with Crippen LogP contribution in [0.2, 0.25) is 0 Å². The lowest BCUT2D eigenvalue weighted by molar-refractivity contribution is 0.197. The van der Waals surface area contributed by atoms with Gasteiger partial charge in [0, 0.05) is 30.6 Å². The first-order chi connectivity index (χ1) is 8.95. The van der Waals surface area contributed by atoms with Crippen molar-refractivity contribution in [2.45, 2.75) is 25.8 Å². The Kier molecular flexibility index (Phi) is 6.31. The van der Waals surface area contributed by atoms with Crippen LogP contribution in [0, 0.1) is 0 Å². The zero-order chi connectivity index (χ0) is 14.3. The third-order valence-corrected chi connectivity index (χ3v) is 4.30. The molecule has 0 amide bonds. The molecule has 0 aliphatic carbocycles. The molecule has 1 aromatic rings. The van der Waals surface area contributed by atoms with Gasteiger partial charge in [-0.05, 0) is 45.8 Å². The number of hydrogen-bond acceptors (Lipinski definition) is 3. The molecule has 1 heterocycles. The fourth-order valence-corrected chi connectivity index (χ4v) is 2.15. The lowest BCUT2D eigenvalue weighted by Crippen LogP contribution is -2.51. The molecule has 1 rings (SSSR count). The van der Waals surface area contributed by atoms with Crippen molar-refractivity contribution in [3.8, 4) is 0 Å². The van der Waals surface area contributed by atoms with Gasteiger partial charge in [-0.1, -0.05) is 6.07 Å². The van der Waals surface area contributed by atoms with Crippen LogP contribution in [0.3, 0.4) is 0 Å². The van der Waals surface area contributed by atoms with Gasteiger partial charge in [-0.25, -0.2) is 0 Å². The van der Waals surface area contributed by atoms with Crippen LogP contribution in [0.1, 0.15) is 18.7 Å². The number of hydrogen-bond donors (Lipinski definition) is 2. The van der Waals surface area contributed by atoms with Crippen LogP contribution < -0.4 is 10.6 Å². The van der Waals surface area contributed by atoms with E-state index in [1.54, 1.807) is 11.3 Å². The summed E-state index contributed by atoms with van der Waals surface area (Å²) in [4.78, 5) is 7.86. The Hall–Kier alpha value is -1.07. The summed E-state index contributed by atoms with van der Waals surface area (Å²) in [6.07, 6.45) is 1.04. The second kappa shape index (κ2) is 7.50. The zero-order valence-corrected chi connectivity index (χ0v) is 13.5. The van der Waals surface area contributed by atoms with Gasteiger partial charge in [0.2, 0.25) is 0 Å². The van der Waals surface area contributed by atoms with Crippen molar-refractivity contribution in [3.63, 3.8) is 0 Å². The predicted octanol–water partition coefficient (Wildman–Crippen LogP) is 1.80. The summed E-state index contributed by atoms with van der Waals surface area (Å²) in [6.45, 7) is 6.18. The molecule has 2 N–H and O–H groups in total. The third-order valence-electron chi connectivity index (χ3n) is 3.37. The maximum absolute atomic E-state index is 4.25. The van der Waals surface area contributed by atoms with Crippen LogP contribution in [0.4, 0.5) is 0 Å². The molecule has 0 spiro atoms. The molecule has 19 heavy (non-hydrogen) atoms. The van der Waals surface area contributed by atoms with Gasteiger partial charge in [-0.2, -0.15) is 0 Å². The molecular weight excluding hydrogens is 256 g/mol. The van der Waals surface area contributed by atoms with E-state index in [4.69, 9.17) is 0 Å². The number of rotatable bonds is 6. The minimum absolute atomic E-state index is 0.103. The van der Waals surface area contributed by atoms with Crippen LogP contribution in [0.5, 0.6) is 0 Å². The lowest BCUT2D eigenvalue weighted by Gasteiger charge is -2.33. The fourth-order valence-electron chi connectivity index (χ4n) is 1.44. The molecule has 0 radical (unpaired) electrons. The first-order valence-corrected chi connectivity index (χ1v) is 7.48. The standard InChI is InChI=1S/C14H26N4S/c1-14(2,18(4)5)11-17-13(15-3)16-9-8-12-7-6-10-19-12/h6-7,10H,8-9,11H2,1-5H3,(H2,15,16,17). The van der Waals surface area contributed by atoms with E-state index in [0.29, 0.717) is 0 Å². The van der Waals surface area contributed by atoms with Crippen LogP contribution >= 0.6 is 11.3 Å². The molecule has 0 unspecified atom stereocenters. The summed E-state index contributed by atoms with van der Waals surface area (Å²) in [5, 5.41) is 8.83. The number of thiophene rings is 1. The predicted molar refractivity (Wildman–Crippen MR) is 85.2 cm³/mol. The lowest BCUT2D eigenvalue weighted by atomic mass is 10.0. The summed E-state index contributed by atoms with van der Waals surface area (Å²) < 4.78 is 0. The van der Waals surface area contributed by atoms with Crippen LogP contribution in [-0.2, 0) is 6.42 Å². The number of likely N-dealkylation sites (N-methyl/N-ethyl adjacent to an activating group) is 1. The first kappa shape index (κ1) is 16.0. The fraction of sp³-hybridized carbons (Fsp3) is 0.643. The van der Waals surface area contributed by atoms with E-state index in [9.17, 15) is 0 Å². The van der Waals surface area contributed by atoms with Crippen molar-refractivity contribution in [2.75, 3.05) is 34.2 Å². The molecular formula is C14H26N4S. The van der Waals surface area contributed by atoms with E-state index in [-0.39, 0.29) is 5.54 Å². The highest BCUT2D eigenvalue weighted by atomic mass is 32.1. The molecule has 0 fully saturated rings. The van der Waals surface area contributed by atoms with Crippen molar-refractivity contribution in [2.24, 2.45) is 4.99 Å². The van der Waals surface area contributed by atoms with Crippen molar-refractivity contribution < 1.29 is 0 Å². The third kappa shape index (κ3) is 5.61. The molecule has 1 aromatic heterocycles. The molecule has 0 bridgehead atoms. The molecule has 0 saturated carbocycles. The van der Waals surface area contributed by atoms with Crippen molar-refractivity contribution >= 4 is 17.3 Å². The number of nitrogens with zero attached hydrogens (tertiary/aromatic N) is 2. The van der Waals surface area contributed by atoms with Gasteiger partial charge in [0.25, 0.3) is 0 Å². The normalized spacial score (nSPS) is 12.8. The van der Waals surface area contributed by atoms with Gasteiger partial charge in [-0.3, -0.25) is 4.99 Å². The Bertz CT molecular complexity index is 382. The second-order valence-corrected chi connectivity index (χ2v) is 6.42. The van der Waals surface area contributed by atoms with Gasteiger partial charge in [0.1, 0.15) is 0 Å². The maximum atomic E-state index is 4.25. The molecule has 108 valence electrons. The van der Waals surface area contributed by atoms with Gasteiger partial charge in [0.15, 0.2) is 5.96 Å². The van der Waals surface area contributed by atoms with Crippen molar-refractivity contribution in [1.29, 1.82) is 0 Å². The number of guanidine groups is 1. The van der Waals surface area contributed by atoms with Crippen LogP contribution in [0.15, 0.2) is 22.5 Å². The average Bonchev–Trinajstić information content (AvgIpc) is 2.86. The van der Waals surface area contributed by atoms with Crippen molar-refractivity contribution in [3.05, 3.63) is 22.4 Å². The zero-order valence-electron chi connectivity index (χ0n) is 12.7. The molecule has 4 nitrogen and oxygen atoms in total. The van der Waals surface area contributed by atoms with E-state index in [0.717, 1.165) is 25.5 Å². The van der Waals surface area contributed by atoms with Crippen LogP contribution in [0.25, 0.3) is 0 Å². The van der Waals surface area contributed by atoms with Gasteiger partial charge in [0.05, 0.1) is 0 Å². The van der Waals surface area contributed by atoms with E-state index in [1.165, 1.54) is 4.88 Å². The quantitative estimate of drug-likeness (QED) is 0.617. The number of aliphatic imine (C=N–C) groups is 1. The molecule has 0 aliphatic rings. The Labute approximate surface area is 120 Å². The molecule has 5 heteroatoms. The minimum atomic E-state index is 0.103. The van der Waals surface area contributed by atoms with E-state index in [1.807, 2.05) is 7.05 Å². The summed E-state index contributed by atoms with van der Waals surface area (Å²) in [7, 11) is 5.99. The van der Waals surface area contributed by atoms with Crippen LogP contribution in [-0.4, -0.2) is 50.6 Å². The summed E-state index contributed by atoms with van der Waals surface area (Å²) in [5.74, 6) is 0.867. The second-order valence-electron chi connectivity index (χ2n) is 5.39. The highest BCUT2D eigenvalue weighted by molar-refractivity contribution is 7.09.